The molecule has 15 heavy (non-hydrogen) atoms. The van der Waals surface area contributed by atoms with Gasteiger partial charge in [0.1, 0.15) is 5.75 Å². The van der Waals surface area contributed by atoms with Crippen molar-refractivity contribution in [2.45, 2.75) is 11.3 Å². The zero-order chi connectivity index (χ0) is 10.9. The topological polar surface area (TPSA) is 72.8 Å². The summed E-state index contributed by atoms with van der Waals surface area (Å²) in [5.41, 5.74) is 0.817. The molecule has 0 unspecified atom stereocenters. The lowest BCUT2D eigenvalue weighted by atomic mass is 10.2. The number of nitrogens with zero attached hydrogens (tertiary/aromatic N) is 1. The van der Waals surface area contributed by atoms with Gasteiger partial charge in [-0.1, -0.05) is 4.40 Å². The predicted octanol–water partition coefficient (Wildman–Crippen LogP) is 0.646. The average molecular weight is 225 g/mol. The van der Waals surface area contributed by atoms with Crippen molar-refractivity contribution in [2.24, 2.45) is 4.40 Å². The van der Waals surface area contributed by atoms with Gasteiger partial charge < -0.3 is 4.74 Å². The molecule has 1 aliphatic heterocycles. The molecule has 0 atom stereocenters. The van der Waals surface area contributed by atoms with Gasteiger partial charge in [0, 0.05) is 6.42 Å². The van der Waals surface area contributed by atoms with Crippen molar-refractivity contribution < 1.29 is 17.9 Å². The number of fused-ring (bicyclic) bond motifs is 1. The number of hydrogen-bond donors (Lipinski definition) is 0. The van der Waals surface area contributed by atoms with Gasteiger partial charge in [0.2, 0.25) is 0 Å². The lowest BCUT2D eigenvalue weighted by Gasteiger charge is -2.00. The van der Waals surface area contributed by atoms with Crippen molar-refractivity contribution in [3.05, 3.63) is 23.8 Å². The summed E-state index contributed by atoms with van der Waals surface area (Å²) in [4.78, 5) is 9.93. The average Bonchev–Trinajstić information content (AvgIpc) is 2.63. The van der Waals surface area contributed by atoms with Gasteiger partial charge in [-0.05, 0) is 23.8 Å². The lowest BCUT2D eigenvalue weighted by Crippen LogP contribution is -1.96. The molecule has 78 valence electrons. The van der Waals surface area contributed by atoms with Crippen molar-refractivity contribution >= 4 is 16.1 Å². The highest BCUT2D eigenvalue weighted by atomic mass is 32.2. The minimum Gasteiger partial charge on any atom is -0.493 e. The summed E-state index contributed by atoms with van der Waals surface area (Å²) in [7, 11) is -3.89. The second-order valence-electron chi connectivity index (χ2n) is 3.03. The first-order valence-electron chi connectivity index (χ1n) is 4.23. The molecule has 0 N–H and O–H groups in total. The van der Waals surface area contributed by atoms with Crippen LogP contribution in [0.4, 0.5) is 0 Å². The third-order valence-corrected chi connectivity index (χ3v) is 3.28. The zero-order valence-corrected chi connectivity index (χ0v) is 8.45. The highest BCUT2D eigenvalue weighted by molar-refractivity contribution is 7.90. The molecule has 2 rings (SSSR count). The van der Waals surface area contributed by atoms with Crippen molar-refractivity contribution in [1.82, 2.24) is 0 Å². The summed E-state index contributed by atoms with van der Waals surface area (Å²) in [6, 6.07) is 4.40. The highest BCUT2D eigenvalue weighted by Crippen LogP contribution is 2.27. The number of carbonyl (C=O) groups excluding carboxylic acids is 1. The molecular weight excluding hydrogens is 218 g/mol. The fourth-order valence-corrected chi connectivity index (χ4v) is 2.16. The Balaban J connectivity index is 2.52. The number of sulfonamides is 1. The second-order valence-corrected chi connectivity index (χ2v) is 4.63. The van der Waals surface area contributed by atoms with Gasteiger partial charge in [-0.2, -0.15) is 8.42 Å². The summed E-state index contributed by atoms with van der Waals surface area (Å²) >= 11 is 0. The van der Waals surface area contributed by atoms with Crippen LogP contribution >= 0.6 is 0 Å². The monoisotopic (exact) mass is 225 g/mol. The normalized spacial score (nSPS) is 13.9. The Hall–Kier alpha value is -1.65. The van der Waals surface area contributed by atoms with E-state index in [2.05, 4.69) is 4.40 Å². The fraction of sp³-hybridized carbons (Fsp3) is 0.222. The Morgan fingerprint density at radius 1 is 1.40 bits per heavy atom. The van der Waals surface area contributed by atoms with E-state index in [0.29, 0.717) is 18.8 Å². The van der Waals surface area contributed by atoms with E-state index in [1.54, 1.807) is 6.07 Å². The van der Waals surface area contributed by atoms with Gasteiger partial charge in [0.05, 0.1) is 11.5 Å². The minimum atomic E-state index is -3.89. The van der Waals surface area contributed by atoms with Crippen LogP contribution in [-0.4, -0.2) is 21.1 Å². The quantitative estimate of drug-likeness (QED) is 0.547. The molecule has 0 radical (unpaired) electrons. The Bertz CT molecular complexity index is 543. The molecule has 1 heterocycles. The van der Waals surface area contributed by atoms with Gasteiger partial charge in [-0.3, -0.25) is 0 Å². The minimum absolute atomic E-state index is 0.00454. The van der Waals surface area contributed by atoms with Crippen molar-refractivity contribution in [2.75, 3.05) is 6.61 Å². The third-order valence-electron chi connectivity index (χ3n) is 2.12. The van der Waals surface area contributed by atoms with Gasteiger partial charge in [0.15, 0.2) is 0 Å². The van der Waals surface area contributed by atoms with E-state index in [0.717, 1.165) is 11.6 Å². The first-order chi connectivity index (χ1) is 7.13. The fourth-order valence-electron chi connectivity index (χ4n) is 1.43. The van der Waals surface area contributed by atoms with Crippen LogP contribution in [0.5, 0.6) is 5.75 Å². The van der Waals surface area contributed by atoms with E-state index in [1.807, 2.05) is 0 Å². The second kappa shape index (κ2) is 3.49. The van der Waals surface area contributed by atoms with Crippen LogP contribution in [0, 0.1) is 0 Å². The molecule has 0 saturated carbocycles. The summed E-state index contributed by atoms with van der Waals surface area (Å²) < 4.78 is 30.7. The van der Waals surface area contributed by atoms with Gasteiger partial charge in [-0.25, -0.2) is 4.79 Å². The van der Waals surface area contributed by atoms with E-state index in [4.69, 9.17) is 4.74 Å². The third kappa shape index (κ3) is 1.77. The van der Waals surface area contributed by atoms with Crippen LogP contribution in [0.2, 0.25) is 0 Å². The molecule has 0 aromatic heterocycles. The number of hydrogen-bond acceptors (Lipinski definition) is 4. The summed E-state index contributed by atoms with van der Waals surface area (Å²) in [6.45, 7) is 0.551. The Morgan fingerprint density at radius 3 is 2.93 bits per heavy atom. The molecule has 1 aromatic rings. The van der Waals surface area contributed by atoms with Crippen LogP contribution in [0.25, 0.3) is 0 Å². The highest BCUT2D eigenvalue weighted by Gasteiger charge is 2.18. The van der Waals surface area contributed by atoms with E-state index < -0.39 is 10.0 Å². The van der Waals surface area contributed by atoms with Gasteiger partial charge in [-0.15, -0.1) is 0 Å². The number of benzene rings is 1. The van der Waals surface area contributed by atoms with E-state index in [9.17, 15) is 13.2 Å². The number of isocyanates is 1. The Kier molecular flexibility index (Phi) is 2.30. The van der Waals surface area contributed by atoms with Crippen molar-refractivity contribution in [3.8, 4) is 5.75 Å². The first kappa shape index (κ1) is 9.89. The molecule has 0 spiro atoms. The van der Waals surface area contributed by atoms with Crippen molar-refractivity contribution in [3.63, 3.8) is 0 Å². The van der Waals surface area contributed by atoms with Crippen molar-refractivity contribution in [1.29, 1.82) is 0 Å². The van der Waals surface area contributed by atoms with Crippen LogP contribution in [0.1, 0.15) is 5.56 Å². The lowest BCUT2D eigenvalue weighted by molar-refractivity contribution is 0.356. The number of rotatable bonds is 2. The maximum absolute atomic E-state index is 11.4. The Morgan fingerprint density at radius 2 is 2.20 bits per heavy atom. The van der Waals surface area contributed by atoms with E-state index >= 15 is 0 Å². The molecule has 0 fully saturated rings. The van der Waals surface area contributed by atoms with Crippen LogP contribution in [0.3, 0.4) is 0 Å². The Labute approximate surface area is 86.5 Å². The zero-order valence-electron chi connectivity index (χ0n) is 7.63. The molecule has 0 aliphatic carbocycles. The van der Waals surface area contributed by atoms with Crippen LogP contribution in [0.15, 0.2) is 27.5 Å². The molecule has 0 bridgehead atoms. The maximum atomic E-state index is 11.4. The van der Waals surface area contributed by atoms with E-state index in [1.165, 1.54) is 12.1 Å². The summed E-state index contributed by atoms with van der Waals surface area (Å²) in [5, 5.41) is 0. The molecule has 6 heteroatoms. The smallest absolute Gasteiger partial charge is 0.292 e. The molecule has 0 amide bonds. The SMILES string of the molecule is O=C=NS(=O)(=O)c1ccc2c(c1)CCO2. The van der Waals surface area contributed by atoms with E-state index in [-0.39, 0.29) is 4.90 Å². The first-order valence-corrected chi connectivity index (χ1v) is 5.67. The van der Waals surface area contributed by atoms with Crippen LogP contribution in [-0.2, 0) is 21.2 Å². The summed E-state index contributed by atoms with van der Waals surface area (Å²) in [5.74, 6) is 0.684. The van der Waals surface area contributed by atoms with Crippen LogP contribution < -0.4 is 4.74 Å². The predicted molar refractivity (Wildman–Crippen MR) is 50.9 cm³/mol. The van der Waals surface area contributed by atoms with Gasteiger partial charge in [0.25, 0.3) is 16.1 Å². The standard InChI is InChI=1S/C9H7NO4S/c11-6-10-15(12,13)8-1-2-9-7(5-8)3-4-14-9/h1-2,5H,3-4H2. The molecule has 1 aromatic carbocycles. The molecular formula is C9H7NO4S. The molecule has 5 nitrogen and oxygen atoms in total. The molecule has 0 saturated heterocycles. The summed E-state index contributed by atoms with van der Waals surface area (Å²) in [6.07, 6.45) is 1.70. The number of ether oxygens (including phenoxy) is 1. The molecule has 1 aliphatic rings. The largest absolute Gasteiger partial charge is 0.493 e. The maximum Gasteiger partial charge on any atom is 0.292 e. The van der Waals surface area contributed by atoms with Gasteiger partial charge >= 0.3 is 0 Å².